The highest BCUT2D eigenvalue weighted by Gasteiger charge is 1.98. The molecule has 1 atom stereocenters. The summed E-state index contributed by atoms with van der Waals surface area (Å²) in [6.45, 7) is 2.26. The van der Waals surface area contributed by atoms with Crippen LogP contribution in [-0.2, 0) is 0 Å². The Morgan fingerprint density at radius 3 is 1.75 bits per heavy atom. The third-order valence-corrected chi connectivity index (χ3v) is 3.32. The number of thiocarbonyl (C=S) groups is 1. The van der Waals surface area contributed by atoms with E-state index in [1.165, 1.54) is 63.2 Å². The normalized spacial score (nSPS) is 12.6. The van der Waals surface area contributed by atoms with Crippen molar-refractivity contribution in [3.8, 4) is 0 Å². The van der Waals surface area contributed by atoms with Gasteiger partial charge >= 0.3 is 0 Å². The fourth-order valence-electron chi connectivity index (χ4n) is 1.91. The molecule has 0 aromatic carbocycles. The van der Waals surface area contributed by atoms with E-state index >= 15 is 0 Å². The van der Waals surface area contributed by atoms with Crippen molar-refractivity contribution < 1.29 is 5.11 Å². The average molecular weight is 244 g/mol. The standard InChI is InChI=1S/C14H28OS/c1-2-3-4-5-6-7-8-9-10-11-12-14(15)13-16/h13-15H,2-12H2,1H3. The first-order chi connectivity index (χ1) is 7.81. The van der Waals surface area contributed by atoms with Crippen LogP contribution in [0.2, 0.25) is 0 Å². The molecule has 0 saturated heterocycles. The predicted octanol–water partition coefficient (Wildman–Crippen LogP) is 4.66. The predicted molar refractivity (Wildman–Crippen MR) is 76.1 cm³/mol. The minimum Gasteiger partial charge on any atom is -0.388 e. The lowest BCUT2D eigenvalue weighted by atomic mass is 10.1. The highest BCUT2D eigenvalue weighted by Crippen LogP contribution is 2.11. The van der Waals surface area contributed by atoms with Gasteiger partial charge in [0.05, 0.1) is 6.10 Å². The Bertz CT molecular complexity index is 148. The maximum Gasteiger partial charge on any atom is 0.0822 e. The molecule has 1 unspecified atom stereocenters. The number of rotatable bonds is 12. The Morgan fingerprint density at radius 1 is 0.875 bits per heavy atom. The molecule has 0 aliphatic heterocycles. The summed E-state index contributed by atoms with van der Waals surface area (Å²) in [5.74, 6) is 0. The van der Waals surface area contributed by atoms with Gasteiger partial charge in [-0.2, -0.15) is 0 Å². The smallest absolute Gasteiger partial charge is 0.0822 e. The van der Waals surface area contributed by atoms with E-state index in [4.69, 9.17) is 0 Å². The van der Waals surface area contributed by atoms with Crippen molar-refractivity contribution >= 4 is 17.6 Å². The number of hydrogen-bond donors (Lipinski definition) is 1. The van der Waals surface area contributed by atoms with Crippen molar-refractivity contribution in [3.05, 3.63) is 0 Å². The number of aliphatic hydroxyl groups is 1. The molecule has 1 nitrogen and oxygen atoms in total. The Labute approximate surface area is 107 Å². The van der Waals surface area contributed by atoms with E-state index in [9.17, 15) is 5.11 Å². The fraction of sp³-hybridized carbons (Fsp3) is 0.929. The number of unbranched alkanes of at least 4 members (excludes halogenated alkanes) is 9. The molecule has 0 fully saturated rings. The van der Waals surface area contributed by atoms with Gasteiger partial charge in [-0.15, -0.1) is 0 Å². The second-order valence-corrected chi connectivity index (χ2v) is 4.95. The van der Waals surface area contributed by atoms with Gasteiger partial charge in [0.1, 0.15) is 0 Å². The molecule has 0 bridgehead atoms. The van der Waals surface area contributed by atoms with Crippen molar-refractivity contribution in [1.82, 2.24) is 0 Å². The first-order valence-corrected chi connectivity index (χ1v) is 7.41. The van der Waals surface area contributed by atoms with Crippen LogP contribution in [0, 0.1) is 0 Å². The summed E-state index contributed by atoms with van der Waals surface area (Å²) < 4.78 is 0. The van der Waals surface area contributed by atoms with E-state index in [1.807, 2.05) is 0 Å². The van der Waals surface area contributed by atoms with Crippen molar-refractivity contribution in [2.75, 3.05) is 0 Å². The molecule has 1 N–H and O–H groups in total. The zero-order valence-electron chi connectivity index (χ0n) is 10.8. The second kappa shape index (κ2) is 13.1. The van der Waals surface area contributed by atoms with Gasteiger partial charge < -0.3 is 5.11 Å². The van der Waals surface area contributed by atoms with E-state index in [2.05, 4.69) is 19.1 Å². The average Bonchev–Trinajstić information content (AvgIpc) is 2.31. The molecule has 0 aliphatic rings. The highest BCUT2D eigenvalue weighted by atomic mass is 32.1. The van der Waals surface area contributed by atoms with Gasteiger partial charge in [0, 0.05) is 5.37 Å². The van der Waals surface area contributed by atoms with E-state index < -0.39 is 0 Å². The molecular weight excluding hydrogens is 216 g/mol. The second-order valence-electron chi connectivity index (χ2n) is 4.67. The van der Waals surface area contributed by atoms with Crippen LogP contribution in [0.3, 0.4) is 0 Å². The van der Waals surface area contributed by atoms with Gasteiger partial charge in [-0.3, -0.25) is 0 Å². The van der Waals surface area contributed by atoms with Crippen molar-refractivity contribution in [3.63, 3.8) is 0 Å². The molecule has 16 heavy (non-hydrogen) atoms. The Hall–Kier alpha value is 0.0500. The molecule has 0 amide bonds. The van der Waals surface area contributed by atoms with Crippen LogP contribution in [0.25, 0.3) is 0 Å². The minimum atomic E-state index is -0.357. The molecule has 0 aliphatic carbocycles. The quantitative estimate of drug-likeness (QED) is 0.398. The molecule has 0 radical (unpaired) electrons. The molecule has 96 valence electrons. The maximum absolute atomic E-state index is 9.22. The van der Waals surface area contributed by atoms with Crippen LogP contribution >= 0.6 is 12.2 Å². The summed E-state index contributed by atoms with van der Waals surface area (Å²) in [6, 6.07) is 0. The molecule has 0 spiro atoms. The van der Waals surface area contributed by atoms with Crippen LogP contribution in [0.5, 0.6) is 0 Å². The van der Waals surface area contributed by atoms with Crippen LogP contribution < -0.4 is 0 Å². The summed E-state index contributed by atoms with van der Waals surface area (Å²) >= 11 is 4.67. The van der Waals surface area contributed by atoms with Crippen LogP contribution in [0.4, 0.5) is 0 Å². The number of aliphatic hydroxyl groups excluding tert-OH is 1. The van der Waals surface area contributed by atoms with Crippen LogP contribution in [0.1, 0.15) is 77.6 Å². The Balaban J connectivity index is 2.96. The third-order valence-electron chi connectivity index (χ3n) is 3.01. The van der Waals surface area contributed by atoms with Crippen LogP contribution in [0.15, 0.2) is 0 Å². The van der Waals surface area contributed by atoms with E-state index in [0.29, 0.717) is 0 Å². The Morgan fingerprint density at radius 2 is 1.31 bits per heavy atom. The van der Waals surface area contributed by atoms with E-state index in [1.54, 1.807) is 0 Å². The highest BCUT2D eigenvalue weighted by molar-refractivity contribution is 7.79. The lowest BCUT2D eigenvalue weighted by Crippen LogP contribution is -2.05. The van der Waals surface area contributed by atoms with Gasteiger partial charge in [-0.1, -0.05) is 83.3 Å². The summed E-state index contributed by atoms with van der Waals surface area (Å²) in [7, 11) is 0. The molecule has 2 heteroatoms. The summed E-state index contributed by atoms with van der Waals surface area (Å²) in [4.78, 5) is 0. The Kier molecular flexibility index (Phi) is 13.2. The lowest BCUT2D eigenvalue weighted by molar-refractivity contribution is 0.232. The van der Waals surface area contributed by atoms with Crippen molar-refractivity contribution in [2.24, 2.45) is 0 Å². The molecule has 0 saturated carbocycles. The lowest BCUT2D eigenvalue weighted by Gasteiger charge is -2.04. The number of hydrogen-bond acceptors (Lipinski definition) is 2. The first-order valence-electron chi connectivity index (χ1n) is 6.94. The van der Waals surface area contributed by atoms with E-state index in [-0.39, 0.29) is 6.10 Å². The van der Waals surface area contributed by atoms with Crippen molar-refractivity contribution in [2.45, 2.75) is 83.7 Å². The SMILES string of the molecule is CCCCCCCCCCCCC(O)C=S. The van der Waals surface area contributed by atoms with Gasteiger partial charge in [0.2, 0.25) is 0 Å². The fourth-order valence-corrected chi connectivity index (χ4v) is 2.05. The molecular formula is C14H28OS. The first kappa shape index (κ1) is 16.1. The van der Waals surface area contributed by atoms with Crippen LogP contribution in [-0.4, -0.2) is 16.6 Å². The monoisotopic (exact) mass is 244 g/mol. The molecule has 0 rings (SSSR count). The minimum absolute atomic E-state index is 0.357. The zero-order chi connectivity index (χ0) is 12.1. The molecule has 0 heterocycles. The van der Waals surface area contributed by atoms with Gasteiger partial charge in [-0.05, 0) is 6.42 Å². The zero-order valence-corrected chi connectivity index (χ0v) is 11.6. The largest absolute Gasteiger partial charge is 0.388 e. The van der Waals surface area contributed by atoms with Crippen molar-refractivity contribution in [1.29, 1.82) is 0 Å². The molecule has 0 aromatic heterocycles. The van der Waals surface area contributed by atoms with Gasteiger partial charge in [-0.25, -0.2) is 0 Å². The maximum atomic E-state index is 9.22. The summed E-state index contributed by atoms with van der Waals surface area (Å²) in [5, 5.41) is 10.7. The van der Waals surface area contributed by atoms with E-state index in [0.717, 1.165) is 12.8 Å². The van der Waals surface area contributed by atoms with Gasteiger partial charge in [0.25, 0.3) is 0 Å². The summed E-state index contributed by atoms with van der Waals surface area (Å²) in [6.07, 6.45) is 13.9. The summed E-state index contributed by atoms with van der Waals surface area (Å²) in [5.41, 5.74) is 0. The topological polar surface area (TPSA) is 20.2 Å². The molecule has 0 aromatic rings. The third kappa shape index (κ3) is 12.1. The van der Waals surface area contributed by atoms with Gasteiger partial charge in [0.15, 0.2) is 0 Å².